The molecule has 0 aliphatic heterocycles. The second-order valence-corrected chi connectivity index (χ2v) is 4.83. The SMILES string of the molecule is CCc1c(C(=O)OCc2ccc(C#N)cc2)cnc2ncnn12. The Kier molecular flexibility index (Phi) is 3.97. The van der Waals surface area contributed by atoms with Crippen molar-refractivity contribution in [2.75, 3.05) is 0 Å². The van der Waals surface area contributed by atoms with Gasteiger partial charge in [-0.05, 0) is 24.1 Å². The summed E-state index contributed by atoms with van der Waals surface area (Å²) in [6, 6.07) is 8.92. The highest BCUT2D eigenvalue weighted by Crippen LogP contribution is 2.13. The number of hydrogen-bond donors (Lipinski definition) is 0. The number of carbonyl (C=O) groups excluding carboxylic acids is 1. The van der Waals surface area contributed by atoms with E-state index in [9.17, 15) is 4.79 Å². The number of aryl methyl sites for hydroxylation is 1. The van der Waals surface area contributed by atoms with Gasteiger partial charge in [0.25, 0.3) is 5.78 Å². The van der Waals surface area contributed by atoms with E-state index in [1.807, 2.05) is 13.0 Å². The molecule has 3 aromatic rings. The first kappa shape index (κ1) is 14.7. The van der Waals surface area contributed by atoms with Crippen LogP contribution in [0, 0.1) is 11.3 Å². The Morgan fingerprint density at radius 3 is 2.78 bits per heavy atom. The fraction of sp³-hybridized carbons (Fsp3) is 0.188. The van der Waals surface area contributed by atoms with Crippen LogP contribution in [0.1, 0.15) is 34.1 Å². The smallest absolute Gasteiger partial charge is 0.341 e. The lowest BCUT2D eigenvalue weighted by atomic mass is 10.1. The molecule has 0 amide bonds. The van der Waals surface area contributed by atoms with Gasteiger partial charge >= 0.3 is 5.97 Å². The van der Waals surface area contributed by atoms with E-state index in [1.54, 1.807) is 24.3 Å². The van der Waals surface area contributed by atoms with Crippen molar-refractivity contribution in [3.63, 3.8) is 0 Å². The molecule has 2 aromatic heterocycles. The van der Waals surface area contributed by atoms with Gasteiger partial charge in [0, 0.05) is 6.20 Å². The van der Waals surface area contributed by atoms with Gasteiger partial charge in [0.15, 0.2) is 0 Å². The highest BCUT2D eigenvalue weighted by Gasteiger charge is 2.17. The molecule has 0 bridgehead atoms. The van der Waals surface area contributed by atoms with Crippen molar-refractivity contribution in [3.05, 3.63) is 59.2 Å². The standard InChI is InChI=1S/C16H13N5O2/c1-2-14-13(8-18-16-19-10-20-21(14)16)15(22)23-9-12-5-3-11(7-17)4-6-12/h3-6,8,10H,2,9H2,1H3. The topological polar surface area (TPSA) is 93.2 Å². The third-order valence-corrected chi connectivity index (χ3v) is 3.41. The Bertz CT molecular complexity index is 893. The summed E-state index contributed by atoms with van der Waals surface area (Å²) in [7, 11) is 0. The van der Waals surface area contributed by atoms with Crippen LogP contribution < -0.4 is 0 Å². The number of aromatic nitrogens is 4. The van der Waals surface area contributed by atoms with Crippen molar-refractivity contribution in [3.8, 4) is 6.07 Å². The minimum atomic E-state index is -0.462. The van der Waals surface area contributed by atoms with Gasteiger partial charge < -0.3 is 4.74 Å². The van der Waals surface area contributed by atoms with E-state index >= 15 is 0 Å². The van der Waals surface area contributed by atoms with E-state index in [0.717, 1.165) is 5.56 Å². The van der Waals surface area contributed by atoms with Crippen LogP contribution in [-0.2, 0) is 17.8 Å². The molecule has 7 heteroatoms. The first-order valence-electron chi connectivity index (χ1n) is 7.06. The summed E-state index contributed by atoms with van der Waals surface area (Å²) in [6.45, 7) is 2.05. The average molecular weight is 307 g/mol. The summed E-state index contributed by atoms with van der Waals surface area (Å²) in [6.07, 6.45) is 3.46. The molecule has 0 aliphatic carbocycles. The Morgan fingerprint density at radius 1 is 1.30 bits per heavy atom. The van der Waals surface area contributed by atoms with Gasteiger partial charge in [-0.15, -0.1) is 0 Å². The van der Waals surface area contributed by atoms with Crippen LogP contribution in [0.15, 0.2) is 36.8 Å². The number of benzene rings is 1. The van der Waals surface area contributed by atoms with Crippen molar-refractivity contribution >= 4 is 11.7 Å². The van der Waals surface area contributed by atoms with Crippen molar-refractivity contribution in [2.24, 2.45) is 0 Å². The van der Waals surface area contributed by atoms with Crippen molar-refractivity contribution in [2.45, 2.75) is 20.0 Å². The molecule has 0 saturated carbocycles. The molecule has 2 heterocycles. The third kappa shape index (κ3) is 2.87. The van der Waals surface area contributed by atoms with Crippen LogP contribution >= 0.6 is 0 Å². The molecule has 3 rings (SSSR count). The van der Waals surface area contributed by atoms with Gasteiger partial charge in [-0.3, -0.25) is 0 Å². The summed E-state index contributed by atoms with van der Waals surface area (Å²) in [4.78, 5) is 20.4. The summed E-state index contributed by atoms with van der Waals surface area (Å²) < 4.78 is 6.87. The average Bonchev–Trinajstić information content (AvgIpc) is 3.07. The van der Waals surface area contributed by atoms with Gasteiger partial charge in [-0.1, -0.05) is 19.1 Å². The van der Waals surface area contributed by atoms with Crippen LogP contribution in [0.5, 0.6) is 0 Å². The maximum atomic E-state index is 12.3. The third-order valence-electron chi connectivity index (χ3n) is 3.41. The zero-order valence-corrected chi connectivity index (χ0v) is 12.4. The lowest BCUT2D eigenvalue weighted by Gasteiger charge is -2.09. The summed E-state index contributed by atoms with van der Waals surface area (Å²) in [5.74, 6) is -0.0124. The van der Waals surface area contributed by atoms with E-state index in [4.69, 9.17) is 10.00 Å². The zero-order chi connectivity index (χ0) is 16.2. The van der Waals surface area contributed by atoms with Gasteiger partial charge in [0.05, 0.1) is 22.9 Å². The molecule has 0 N–H and O–H groups in total. The molecule has 0 unspecified atom stereocenters. The number of nitrogens with zero attached hydrogens (tertiary/aromatic N) is 5. The Balaban J connectivity index is 1.79. The predicted molar refractivity (Wildman–Crippen MR) is 80.4 cm³/mol. The molecule has 0 atom stereocenters. The Morgan fingerprint density at radius 2 is 2.09 bits per heavy atom. The lowest BCUT2D eigenvalue weighted by molar-refractivity contribution is 0.0470. The first-order chi connectivity index (χ1) is 11.2. The van der Waals surface area contributed by atoms with Crippen LogP contribution in [-0.4, -0.2) is 25.6 Å². The van der Waals surface area contributed by atoms with E-state index in [1.165, 1.54) is 17.0 Å². The number of nitriles is 1. The number of rotatable bonds is 4. The van der Waals surface area contributed by atoms with Crippen molar-refractivity contribution in [1.29, 1.82) is 5.26 Å². The van der Waals surface area contributed by atoms with Crippen molar-refractivity contribution < 1.29 is 9.53 Å². The van der Waals surface area contributed by atoms with Crippen LogP contribution in [0.25, 0.3) is 5.78 Å². The Labute approximate surface area is 132 Å². The minimum absolute atomic E-state index is 0.128. The highest BCUT2D eigenvalue weighted by atomic mass is 16.5. The normalized spacial score (nSPS) is 10.4. The molecule has 0 saturated heterocycles. The van der Waals surface area contributed by atoms with Gasteiger partial charge in [0.1, 0.15) is 12.9 Å². The minimum Gasteiger partial charge on any atom is -0.457 e. The van der Waals surface area contributed by atoms with Gasteiger partial charge in [-0.2, -0.15) is 15.3 Å². The molecule has 0 fully saturated rings. The zero-order valence-electron chi connectivity index (χ0n) is 12.4. The molecule has 0 radical (unpaired) electrons. The van der Waals surface area contributed by atoms with Gasteiger partial charge in [0.2, 0.25) is 0 Å². The molecule has 0 spiro atoms. The maximum absolute atomic E-state index is 12.3. The summed E-state index contributed by atoms with van der Waals surface area (Å²) >= 11 is 0. The van der Waals surface area contributed by atoms with Crippen LogP contribution in [0.4, 0.5) is 0 Å². The lowest BCUT2D eigenvalue weighted by Crippen LogP contribution is -2.13. The summed E-state index contributed by atoms with van der Waals surface area (Å²) in [5, 5.41) is 12.8. The van der Waals surface area contributed by atoms with E-state index in [-0.39, 0.29) is 6.61 Å². The fourth-order valence-corrected chi connectivity index (χ4v) is 2.24. The number of hydrogen-bond acceptors (Lipinski definition) is 6. The van der Waals surface area contributed by atoms with E-state index in [0.29, 0.717) is 29.0 Å². The monoisotopic (exact) mass is 307 g/mol. The van der Waals surface area contributed by atoms with E-state index < -0.39 is 5.97 Å². The number of carbonyl (C=O) groups is 1. The van der Waals surface area contributed by atoms with Gasteiger partial charge in [-0.25, -0.2) is 14.3 Å². The first-order valence-corrected chi connectivity index (χ1v) is 7.06. The molecule has 114 valence electrons. The summed E-state index contributed by atoms with van der Waals surface area (Å²) in [5.41, 5.74) is 2.45. The van der Waals surface area contributed by atoms with E-state index in [2.05, 4.69) is 15.1 Å². The highest BCUT2D eigenvalue weighted by molar-refractivity contribution is 5.90. The molecular weight excluding hydrogens is 294 g/mol. The second kappa shape index (κ2) is 6.23. The number of ether oxygens (including phenoxy) is 1. The molecule has 7 nitrogen and oxygen atoms in total. The van der Waals surface area contributed by atoms with Crippen LogP contribution in [0.3, 0.4) is 0 Å². The quantitative estimate of drug-likeness (QED) is 0.684. The molecule has 23 heavy (non-hydrogen) atoms. The number of fused-ring (bicyclic) bond motifs is 1. The van der Waals surface area contributed by atoms with Crippen LogP contribution in [0.2, 0.25) is 0 Å². The largest absolute Gasteiger partial charge is 0.457 e. The Hall–Kier alpha value is -3.27. The fourth-order valence-electron chi connectivity index (χ4n) is 2.24. The molecular formula is C16H13N5O2. The molecule has 1 aromatic carbocycles. The predicted octanol–water partition coefficient (Wildman–Crippen LogP) is 1.92. The maximum Gasteiger partial charge on any atom is 0.341 e. The van der Waals surface area contributed by atoms with Crippen molar-refractivity contribution in [1.82, 2.24) is 19.6 Å². The molecule has 0 aliphatic rings. The number of esters is 1. The second-order valence-electron chi connectivity index (χ2n) is 4.83.